The molecule has 0 aliphatic carbocycles. The summed E-state index contributed by atoms with van der Waals surface area (Å²) >= 11 is 5.80. The fourth-order valence-corrected chi connectivity index (χ4v) is 0.967. The smallest absolute Gasteiger partial charge is 0.346 e. The maximum Gasteiger partial charge on any atom is 0.346 e. The summed E-state index contributed by atoms with van der Waals surface area (Å²) < 4.78 is 9.06. The van der Waals surface area contributed by atoms with Crippen molar-refractivity contribution in [3.05, 3.63) is 0 Å². The van der Waals surface area contributed by atoms with E-state index in [1.807, 2.05) is 0 Å². The summed E-state index contributed by atoms with van der Waals surface area (Å²) in [5.41, 5.74) is 0. The second-order valence-electron chi connectivity index (χ2n) is 2.99. The summed E-state index contributed by atoms with van der Waals surface area (Å²) in [5.74, 6) is -2.71. The minimum Gasteiger partial charge on any atom is -0.464 e. The fraction of sp³-hybridized carbons (Fsp3) is 0.700. The highest BCUT2D eigenvalue weighted by atomic mass is 35.5. The molecule has 0 saturated carbocycles. The van der Waals surface area contributed by atoms with E-state index >= 15 is 0 Å². The van der Waals surface area contributed by atoms with Gasteiger partial charge >= 0.3 is 17.9 Å². The molecule has 0 heterocycles. The van der Waals surface area contributed by atoms with E-state index in [4.69, 9.17) is 11.6 Å². The summed E-state index contributed by atoms with van der Waals surface area (Å²) in [6, 6.07) is 0. The van der Waals surface area contributed by atoms with E-state index in [1.54, 1.807) is 6.92 Å². The van der Waals surface area contributed by atoms with Crippen LogP contribution in [0.3, 0.4) is 0 Å². The molecule has 0 aromatic heterocycles. The summed E-state index contributed by atoms with van der Waals surface area (Å²) in [5, 5.41) is 0. The molecule has 1 atom stereocenters. The van der Waals surface area contributed by atoms with E-state index in [1.165, 1.54) is 13.8 Å². The third-order valence-corrected chi connectivity index (χ3v) is 2.48. The van der Waals surface area contributed by atoms with Gasteiger partial charge in [-0.15, -0.1) is 0 Å². The molecular formula is C10H15ClO5. The monoisotopic (exact) mass is 250 g/mol. The molecule has 16 heavy (non-hydrogen) atoms. The molecule has 0 spiro atoms. The van der Waals surface area contributed by atoms with Gasteiger partial charge in [-0.05, 0) is 13.3 Å². The lowest BCUT2D eigenvalue weighted by atomic mass is 10.1. The van der Waals surface area contributed by atoms with Crippen molar-refractivity contribution in [1.29, 1.82) is 0 Å². The summed E-state index contributed by atoms with van der Waals surface area (Å²) in [6.07, 6.45) is 0.0223. The minimum absolute atomic E-state index is 0.0107. The predicted octanol–water partition coefficient (Wildman–Crippen LogP) is 1.42. The van der Waals surface area contributed by atoms with Crippen LogP contribution in [0, 0.1) is 0 Å². The van der Waals surface area contributed by atoms with E-state index < -0.39 is 22.8 Å². The van der Waals surface area contributed by atoms with Crippen LogP contribution in [0.4, 0.5) is 0 Å². The summed E-state index contributed by atoms with van der Waals surface area (Å²) in [4.78, 5) is 31.9. The average Bonchev–Trinajstić information content (AvgIpc) is 2.27. The van der Waals surface area contributed by atoms with Crippen LogP contribution in [0.15, 0.2) is 0 Å². The molecule has 0 saturated heterocycles. The van der Waals surface area contributed by atoms with Crippen molar-refractivity contribution in [2.75, 3.05) is 6.61 Å². The zero-order valence-electron chi connectivity index (χ0n) is 9.54. The lowest BCUT2D eigenvalue weighted by Crippen LogP contribution is -2.44. The standard InChI is InChI=1S/C10H15ClO5/c1-4-7(12)16-9(14)10(11,5-2)8(13)15-6-3/h4-6H2,1-3H3. The van der Waals surface area contributed by atoms with Crippen LogP contribution in [0.2, 0.25) is 0 Å². The summed E-state index contributed by atoms with van der Waals surface area (Å²) in [7, 11) is 0. The molecule has 0 bridgehead atoms. The van der Waals surface area contributed by atoms with Crippen LogP contribution in [-0.2, 0) is 23.9 Å². The van der Waals surface area contributed by atoms with Gasteiger partial charge in [-0.25, -0.2) is 9.59 Å². The zero-order valence-corrected chi connectivity index (χ0v) is 10.3. The summed E-state index contributed by atoms with van der Waals surface area (Å²) in [6.45, 7) is 4.75. The Morgan fingerprint density at radius 1 is 1.12 bits per heavy atom. The molecule has 0 aliphatic heterocycles. The highest BCUT2D eigenvalue weighted by Crippen LogP contribution is 2.24. The van der Waals surface area contributed by atoms with Crippen molar-refractivity contribution < 1.29 is 23.9 Å². The van der Waals surface area contributed by atoms with Crippen LogP contribution in [0.25, 0.3) is 0 Å². The maximum absolute atomic E-state index is 11.5. The Hall–Kier alpha value is -1.10. The molecule has 0 fully saturated rings. The van der Waals surface area contributed by atoms with Gasteiger partial charge in [0, 0.05) is 6.42 Å². The van der Waals surface area contributed by atoms with Gasteiger partial charge in [0.2, 0.25) is 4.87 Å². The molecule has 0 aromatic carbocycles. The Bertz CT molecular complexity index is 289. The predicted molar refractivity (Wildman–Crippen MR) is 56.9 cm³/mol. The normalized spacial score (nSPS) is 13.8. The van der Waals surface area contributed by atoms with Gasteiger partial charge in [-0.1, -0.05) is 25.4 Å². The Labute approximate surface area is 99.0 Å². The van der Waals surface area contributed by atoms with Crippen LogP contribution in [-0.4, -0.2) is 29.4 Å². The van der Waals surface area contributed by atoms with Crippen molar-refractivity contribution in [2.45, 2.75) is 38.5 Å². The van der Waals surface area contributed by atoms with Gasteiger partial charge < -0.3 is 9.47 Å². The van der Waals surface area contributed by atoms with E-state index in [0.717, 1.165) is 0 Å². The lowest BCUT2D eigenvalue weighted by Gasteiger charge is -2.20. The Kier molecular flexibility index (Phi) is 6.03. The number of esters is 3. The van der Waals surface area contributed by atoms with Gasteiger partial charge in [0.1, 0.15) is 0 Å². The maximum atomic E-state index is 11.5. The molecule has 0 rings (SSSR count). The second-order valence-corrected chi connectivity index (χ2v) is 3.64. The number of rotatable bonds is 5. The van der Waals surface area contributed by atoms with Gasteiger partial charge in [-0.3, -0.25) is 4.79 Å². The van der Waals surface area contributed by atoms with Gasteiger partial charge in [0.25, 0.3) is 0 Å². The van der Waals surface area contributed by atoms with Crippen LogP contribution in [0.5, 0.6) is 0 Å². The molecule has 0 aromatic rings. The van der Waals surface area contributed by atoms with E-state index in [-0.39, 0.29) is 19.4 Å². The number of alkyl halides is 1. The highest BCUT2D eigenvalue weighted by molar-refractivity contribution is 6.45. The number of halogens is 1. The zero-order chi connectivity index (χ0) is 12.8. The highest BCUT2D eigenvalue weighted by Gasteiger charge is 2.46. The van der Waals surface area contributed by atoms with E-state index in [9.17, 15) is 14.4 Å². The second kappa shape index (κ2) is 6.48. The first-order valence-electron chi connectivity index (χ1n) is 5.03. The Morgan fingerprint density at radius 3 is 2.06 bits per heavy atom. The SMILES string of the molecule is CCOC(=O)C(Cl)(CC)C(=O)OC(=O)CC. The number of hydrogen-bond acceptors (Lipinski definition) is 5. The molecular weight excluding hydrogens is 236 g/mol. The average molecular weight is 251 g/mol. The number of carbonyl (C=O) groups is 3. The minimum atomic E-state index is -1.93. The number of carbonyl (C=O) groups excluding carboxylic acids is 3. The van der Waals surface area contributed by atoms with Crippen molar-refractivity contribution in [2.24, 2.45) is 0 Å². The number of hydrogen-bond donors (Lipinski definition) is 0. The fourth-order valence-electron chi connectivity index (χ4n) is 0.874. The topological polar surface area (TPSA) is 69.7 Å². The molecule has 1 unspecified atom stereocenters. The van der Waals surface area contributed by atoms with E-state index in [2.05, 4.69) is 9.47 Å². The third kappa shape index (κ3) is 3.48. The quantitative estimate of drug-likeness (QED) is 0.419. The third-order valence-electron chi connectivity index (χ3n) is 1.90. The van der Waals surface area contributed by atoms with Crippen molar-refractivity contribution in [3.8, 4) is 0 Å². The Balaban J connectivity index is 4.74. The first kappa shape index (κ1) is 14.9. The molecule has 0 amide bonds. The van der Waals surface area contributed by atoms with Gasteiger partial charge in [0.15, 0.2) is 0 Å². The molecule has 0 N–H and O–H groups in total. The molecule has 6 heteroatoms. The molecule has 5 nitrogen and oxygen atoms in total. The first-order chi connectivity index (χ1) is 7.42. The number of ether oxygens (including phenoxy) is 2. The first-order valence-corrected chi connectivity index (χ1v) is 5.41. The van der Waals surface area contributed by atoms with Gasteiger partial charge in [-0.2, -0.15) is 0 Å². The largest absolute Gasteiger partial charge is 0.464 e. The lowest BCUT2D eigenvalue weighted by molar-refractivity contribution is -0.166. The van der Waals surface area contributed by atoms with Crippen LogP contribution >= 0.6 is 11.6 Å². The van der Waals surface area contributed by atoms with E-state index in [0.29, 0.717) is 0 Å². The molecule has 0 aliphatic rings. The van der Waals surface area contributed by atoms with Crippen molar-refractivity contribution in [1.82, 2.24) is 0 Å². The molecule has 92 valence electrons. The molecule has 0 radical (unpaired) electrons. The Morgan fingerprint density at radius 2 is 1.69 bits per heavy atom. The van der Waals surface area contributed by atoms with Crippen LogP contribution in [0.1, 0.15) is 33.6 Å². The van der Waals surface area contributed by atoms with Crippen molar-refractivity contribution in [3.63, 3.8) is 0 Å². The van der Waals surface area contributed by atoms with Crippen LogP contribution < -0.4 is 0 Å². The van der Waals surface area contributed by atoms with Crippen molar-refractivity contribution >= 4 is 29.5 Å². The van der Waals surface area contributed by atoms with Gasteiger partial charge in [0.05, 0.1) is 6.61 Å².